The Bertz CT molecular complexity index is 3970. The van der Waals surface area contributed by atoms with Crippen molar-refractivity contribution in [3.8, 4) is 68.8 Å². The van der Waals surface area contributed by atoms with E-state index in [0.29, 0.717) is 0 Å². The zero-order valence-electron chi connectivity index (χ0n) is 32.5. The van der Waals surface area contributed by atoms with Gasteiger partial charge in [-0.05, 0) is 79.5 Å². The lowest BCUT2D eigenvalue weighted by molar-refractivity contribution is 0.868. The van der Waals surface area contributed by atoms with Crippen LogP contribution < -0.4 is 0 Å². The topological polar surface area (TPSA) is 105 Å². The fraction of sp³-hybridized carbons (Fsp3) is 0.0182. The second kappa shape index (κ2) is 12.5. The number of hydrogen-bond donors (Lipinski definition) is 0. The molecule has 2 heterocycles. The molecular weight excluding hydrogens is 745 g/mol. The fourth-order valence-corrected chi connectivity index (χ4v) is 10.4. The maximum absolute atomic E-state index is 11.4. The predicted octanol–water partition coefficient (Wildman–Crippen LogP) is 13.4. The normalized spacial score (nSPS) is 12.9. The number of para-hydroxylation sites is 2. The van der Waals surface area contributed by atoms with E-state index in [4.69, 9.17) is 0 Å². The van der Waals surface area contributed by atoms with Crippen molar-refractivity contribution < 1.29 is 0 Å². The highest BCUT2D eigenvalue weighted by atomic mass is 15.0. The van der Waals surface area contributed by atoms with Gasteiger partial charge in [-0.25, -0.2) is 0 Å². The summed E-state index contributed by atoms with van der Waals surface area (Å²) in [6, 6.07) is 59.2. The standard InChI is InChI=1S/C55H28N6/c1-31(26-56)47(28-58)55(61-50-23-9-7-17-38(50)46-25-44-36-15-5-3-13-34(36)40-19-11-21-42(52(40)44)54(46)61)48(29-59)32(27-57)30-60-49-22-8-6-16-37(49)45-24-43-35-14-4-2-12-33(35)39-18-10-20-41(51(39)43)53(45)60/h2-25H,1,30H2/b48-32-,55-47+. The molecule has 0 atom stereocenters. The Morgan fingerprint density at radius 1 is 0.426 bits per heavy atom. The summed E-state index contributed by atoms with van der Waals surface area (Å²) in [6.07, 6.45) is 0. The molecule has 2 aromatic heterocycles. The quantitative estimate of drug-likeness (QED) is 0.128. The smallest absolute Gasteiger partial charge is 0.103 e. The lowest BCUT2D eigenvalue weighted by atomic mass is 9.97. The number of benzene rings is 8. The van der Waals surface area contributed by atoms with Gasteiger partial charge in [0.2, 0.25) is 0 Å². The number of nitrogens with zero attached hydrogens (tertiary/aromatic N) is 6. The maximum Gasteiger partial charge on any atom is 0.103 e. The van der Waals surface area contributed by atoms with Crippen LogP contribution in [0.5, 0.6) is 0 Å². The highest BCUT2D eigenvalue weighted by Gasteiger charge is 2.30. The molecule has 2 aliphatic carbocycles. The molecular formula is C55H28N6. The van der Waals surface area contributed by atoms with Gasteiger partial charge in [0, 0.05) is 37.8 Å². The molecule has 0 amide bonds. The lowest BCUT2D eigenvalue weighted by Gasteiger charge is -2.18. The van der Waals surface area contributed by atoms with Crippen molar-refractivity contribution >= 4 is 70.9 Å². The van der Waals surface area contributed by atoms with Crippen molar-refractivity contribution in [2.75, 3.05) is 0 Å². The minimum atomic E-state index is -0.104. The molecule has 6 nitrogen and oxygen atoms in total. The molecule has 61 heavy (non-hydrogen) atoms. The number of allylic oxidation sites excluding steroid dienone is 5. The van der Waals surface area contributed by atoms with Gasteiger partial charge in [-0.3, -0.25) is 0 Å². The Labute approximate surface area is 349 Å². The number of aromatic nitrogens is 2. The molecule has 2 aliphatic rings. The van der Waals surface area contributed by atoms with E-state index >= 15 is 0 Å². The summed E-state index contributed by atoms with van der Waals surface area (Å²) < 4.78 is 4.06. The summed E-state index contributed by atoms with van der Waals surface area (Å²) >= 11 is 0. The van der Waals surface area contributed by atoms with Gasteiger partial charge in [-0.2, -0.15) is 21.0 Å². The highest BCUT2D eigenvalue weighted by Crippen LogP contribution is 2.53. The molecule has 8 aromatic carbocycles. The first-order valence-electron chi connectivity index (χ1n) is 20.0. The molecule has 278 valence electrons. The minimum absolute atomic E-state index is 0.00564. The largest absolute Gasteiger partial charge is 0.335 e. The Morgan fingerprint density at radius 2 is 0.885 bits per heavy atom. The van der Waals surface area contributed by atoms with E-state index in [1.165, 1.54) is 16.7 Å². The van der Waals surface area contributed by atoms with Gasteiger partial charge >= 0.3 is 0 Å². The first-order valence-corrected chi connectivity index (χ1v) is 20.0. The van der Waals surface area contributed by atoms with Crippen molar-refractivity contribution in [2.24, 2.45) is 0 Å². The van der Waals surface area contributed by atoms with Crippen molar-refractivity contribution in [2.45, 2.75) is 6.54 Å². The molecule has 0 saturated heterocycles. The zero-order valence-corrected chi connectivity index (χ0v) is 32.5. The molecule has 12 rings (SSSR count). The third-order valence-electron chi connectivity index (χ3n) is 12.8. The maximum atomic E-state index is 11.4. The van der Waals surface area contributed by atoms with Gasteiger partial charge in [-0.1, -0.05) is 128 Å². The molecule has 0 fully saturated rings. The Kier molecular flexibility index (Phi) is 7.01. The number of rotatable bonds is 5. The third kappa shape index (κ3) is 4.40. The van der Waals surface area contributed by atoms with Crippen LogP contribution in [0.3, 0.4) is 0 Å². The molecule has 0 aliphatic heterocycles. The van der Waals surface area contributed by atoms with E-state index in [1.54, 1.807) is 0 Å². The summed E-state index contributed by atoms with van der Waals surface area (Å²) in [5, 5.41) is 52.2. The van der Waals surface area contributed by atoms with Gasteiger partial charge in [-0.15, -0.1) is 0 Å². The average Bonchev–Trinajstić information content (AvgIpc) is 4.03. The van der Waals surface area contributed by atoms with Crippen LogP contribution in [-0.4, -0.2) is 9.13 Å². The first kappa shape index (κ1) is 34.1. The Morgan fingerprint density at radius 3 is 1.44 bits per heavy atom. The Hall–Kier alpha value is -8.94. The number of nitriles is 4. The summed E-state index contributed by atoms with van der Waals surface area (Å²) in [5.41, 5.74) is 12.7. The number of fused-ring (bicyclic) bond motifs is 14. The van der Waals surface area contributed by atoms with Gasteiger partial charge in [0.15, 0.2) is 0 Å². The minimum Gasteiger partial charge on any atom is -0.335 e. The van der Waals surface area contributed by atoms with E-state index in [-0.39, 0.29) is 34.5 Å². The second-order valence-electron chi connectivity index (χ2n) is 15.6. The summed E-state index contributed by atoms with van der Waals surface area (Å²) in [6.45, 7) is 4.05. The molecule has 0 saturated carbocycles. The van der Waals surface area contributed by atoms with Crippen LogP contribution in [0.15, 0.2) is 174 Å². The highest BCUT2D eigenvalue weighted by molar-refractivity contribution is 6.29. The molecule has 0 spiro atoms. The van der Waals surface area contributed by atoms with E-state index < -0.39 is 0 Å². The molecule has 0 unspecified atom stereocenters. The summed E-state index contributed by atoms with van der Waals surface area (Å²) in [7, 11) is 0. The fourth-order valence-electron chi connectivity index (χ4n) is 10.4. The first-order chi connectivity index (χ1) is 30.1. The van der Waals surface area contributed by atoms with Crippen LogP contribution in [0.25, 0.3) is 115 Å². The third-order valence-corrected chi connectivity index (χ3v) is 12.8. The summed E-state index contributed by atoms with van der Waals surface area (Å²) in [5.74, 6) is 0. The van der Waals surface area contributed by atoms with Crippen molar-refractivity contribution in [3.05, 3.63) is 174 Å². The van der Waals surface area contributed by atoms with Crippen LogP contribution in [0.1, 0.15) is 0 Å². The van der Waals surface area contributed by atoms with Gasteiger partial charge in [0.05, 0.1) is 63.2 Å². The van der Waals surface area contributed by atoms with Crippen LogP contribution in [-0.2, 0) is 6.54 Å². The van der Waals surface area contributed by atoms with Crippen molar-refractivity contribution in [1.82, 2.24) is 9.13 Å². The van der Waals surface area contributed by atoms with Gasteiger partial charge < -0.3 is 9.13 Å². The molecule has 10 aromatic rings. The second-order valence-corrected chi connectivity index (χ2v) is 15.6. The van der Waals surface area contributed by atoms with Gasteiger partial charge in [0.25, 0.3) is 0 Å². The van der Waals surface area contributed by atoms with Crippen LogP contribution in [0.2, 0.25) is 0 Å². The number of hydrogen-bond acceptors (Lipinski definition) is 4. The molecule has 0 bridgehead atoms. The van der Waals surface area contributed by atoms with E-state index in [0.717, 1.165) is 93.0 Å². The van der Waals surface area contributed by atoms with Crippen LogP contribution in [0, 0.1) is 45.3 Å². The zero-order chi connectivity index (χ0) is 41.1. The molecule has 0 radical (unpaired) electrons. The van der Waals surface area contributed by atoms with E-state index in [2.05, 4.69) is 126 Å². The summed E-state index contributed by atoms with van der Waals surface area (Å²) in [4.78, 5) is 0. The van der Waals surface area contributed by atoms with Crippen LogP contribution in [0.4, 0.5) is 0 Å². The Balaban J connectivity index is 1.19. The van der Waals surface area contributed by atoms with Crippen LogP contribution >= 0.6 is 0 Å². The van der Waals surface area contributed by atoms with Crippen molar-refractivity contribution in [3.63, 3.8) is 0 Å². The molecule has 0 N–H and O–H groups in total. The average molecular weight is 773 g/mol. The SMILES string of the molecule is C=C(C#N)/C(C#N)=C(\C(C#N)=C(\C#N)Cn1c2ccccc2c2cc3c4c(cccc4c21)-c1ccccc1-3)n1c2ccccc2c2cc3c4c(cccc4c21)-c1ccccc1-3. The molecule has 6 heteroatoms. The lowest BCUT2D eigenvalue weighted by Crippen LogP contribution is -2.09. The van der Waals surface area contributed by atoms with Gasteiger partial charge in [0.1, 0.15) is 12.1 Å². The van der Waals surface area contributed by atoms with Crippen molar-refractivity contribution in [1.29, 1.82) is 21.0 Å². The van der Waals surface area contributed by atoms with E-state index in [1.807, 2.05) is 59.2 Å². The monoisotopic (exact) mass is 772 g/mol. The van der Waals surface area contributed by atoms with E-state index in [9.17, 15) is 21.0 Å². The predicted molar refractivity (Wildman–Crippen MR) is 245 cm³/mol.